The van der Waals surface area contributed by atoms with Crippen molar-refractivity contribution in [2.24, 2.45) is 0 Å². The number of rotatable bonds is 5. The number of nitrogens with one attached hydrogen (secondary N) is 1. The molecule has 6 heteroatoms. The zero-order valence-electron chi connectivity index (χ0n) is 13.9. The fourth-order valence-corrected chi connectivity index (χ4v) is 3.03. The number of benzene rings is 2. The number of thiazole rings is 1. The van der Waals surface area contributed by atoms with Gasteiger partial charge in [0.2, 0.25) is 0 Å². The van der Waals surface area contributed by atoms with E-state index in [1.807, 2.05) is 44.2 Å². The molecular formula is C19H17ClN2O2S. The highest BCUT2D eigenvalue weighted by molar-refractivity contribution is 7.09. The molecule has 3 aromatic rings. The van der Waals surface area contributed by atoms with Gasteiger partial charge in [0.25, 0.3) is 5.91 Å². The van der Waals surface area contributed by atoms with E-state index >= 15 is 0 Å². The van der Waals surface area contributed by atoms with Gasteiger partial charge in [-0.05, 0) is 43.7 Å². The van der Waals surface area contributed by atoms with Crippen LogP contribution < -0.4 is 10.1 Å². The van der Waals surface area contributed by atoms with E-state index in [-0.39, 0.29) is 5.91 Å². The molecule has 0 radical (unpaired) electrons. The molecule has 25 heavy (non-hydrogen) atoms. The van der Waals surface area contributed by atoms with Gasteiger partial charge in [0, 0.05) is 16.1 Å². The number of aryl methyl sites for hydroxylation is 2. The average Bonchev–Trinajstić information content (AvgIpc) is 3.07. The van der Waals surface area contributed by atoms with Crippen molar-refractivity contribution < 1.29 is 9.53 Å². The molecule has 1 heterocycles. The van der Waals surface area contributed by atoms with Gasteiger partial charge >= 0.3 is 0 Å². The fraction of sp³-hybridized carbons (Fsp3) is 0.158. The van der Waals surface area contributed by atoms with Gasteiger partial charge < -0.3 is 10.1 Å². The van der Waals surface area contributed by atoms with E-state index in [1.165, 1.54) is 16.9 Å². The van der Waals surface area contributed by atoms with Crippen LogP contribution in [-0.4, -0.2) is 10.9 Å². The Balaban J connectivity index is 1.63. The van der Waals surface area contributed by atoms with Crippen molar-refractivity contribution in [1.29, 1.82) is 0 Å². The van der Waals surface area contributed by atoms with Crippen LogP contribution in [0.25, 0.3) is 0 Å². The maximum atomic E-state index is 12.4. The number of amides is 1. The maximum absolute atomic E-state index is 12.4. The lowest BCUT2D eigenvalue weighted by Gasteiger charge is -2.07. The van der Waals surface area contributed by atoms with Gasteiger partial charge in [-0.3, -0.25) is 4.79 Å². The summed E-state index contributed by atoms with van der Waals surface area (Å²) in [6.07, 6.45) is 0. The summed E-state index contributed by atoms with van der Waals surface area (Å²) in [6.45, 7) is 4.27. The number of carbonyl (C=O) groups is 1. The van der Waals surface area contributed by atoms with E-state index in [0.717, 1.165) is 16.3 Å². The minimum absolute atomic E-state index is 0.261. The van der Waals surface area contributed by atoms with E-state index in [4.69, 9.17) is 16.3 Å². The normalized spacial score (nSPS) is 10.5. The lowest BCUT2D eigenvalue weighted by atomic mass is 10.2. The number of hydrogen-bond acceptors (Lipinski definition) is 4. The number of ether oxygens (including phenoxy) is 1. The first-order chi connectivity index (χ1) is 12.0. The topological polar surface area (TPSA) is 51.2 Å². The summed E-state index contributed by atoms with van der Waals surface area (Å²) in [5.41, 5.74) is 3.17. The third kappa shape index (κ3) is 4.59. The molecule has 0 atom stereocenters. The molecule has 0 saturated carbocycles. The molecule has 0 aliphatic heterocycles. The van der Waals surface area contributed by atoms with Gasteiger partial charge in [0.15, 0.2) is 0 Å². The second-order valence-electron chi connectivity index (χ2n) is 5.64. The highest BCUT2D eigenvalue weighted by Crippen LogP contribution is 2.21. The summed E-state index contributed by atoms with van der Waals surface area (Å²) in [5.74, 6) is 0.518. The third-order valence-electron chi connectivity index (χ3n) is 3.62. The second kappa shape index (κ2) is 7.68. The van der Waals surface area contributed by atoms with Crippen LogP contribution >= 0.6 is 22.9 Å². The van der Waals surface area contributed by atoms with Gasteiger partial charge in [-0.15, -0.1) is 11.3 Å². The maximum Gasteiger partial charge on any atom is 0.275 e. The Hall–Kier alpha value is -2.37. The summed E-state index contributed by atoms with van der Waals surface area (Å²) in [6, 6.07) is 13.2. The molecular weight excluding hydrogens is 356 g/mol. The molecule has 0 spiro atoms. The van der Waals surface area contributed by atoms with E-state index in [1.54, 1.807) is 17.5 Å². The van der Waals surface area contributed by atoms with E-state index in [9.17, 15) is 4.79 Å². The van der Waals surface area contributed by atoms with E-state index in [0.29, 0.717) is 23.0 Å². The van der Waals surface area contributed by atoms with Gasteiger partial charge in [-0.25, -0.2) is 4.98 Å². The lowest BCUT2D eigenvalue weighted by Crippen LogP contribution is -2.13. The molecule has 0 saturated heterocycles. The summed E-state index contributed by atoms with van der Waals surface area (Å²) >= 11 is 7.37. The van der Waals surface area contributed by atoms with Crippen LogP contribution in [0.4, 0.5) is 5.69 Å². The minimum atomic E-state index is -0.261. The Bertz CT molecular complexity index is 891. The third-order valence-corrected chi connectivity index (χ3v) is 4.67. The molecule has 2 aromatic carbocycles. The monoisotopic (exact) mass is 372 g/mol. The van der Waals surface area contributed by atoms with Crippen molar-refractivity contribution in [1.82, 2.24) is 4.98 Å². The van der Waals surface area contributed by atoms with Crippen molar-refractivity contribution >= 4 is 34.5 Å². The van der Waals surface area contributed by atoms with Crippen LogP contribution in [0.1, 0.15) is 26.6 Å². The number of aromatic nitrogens is 1. The first-order valence-electron chi connectivity index (χ1n) is 7.72. The van der Waals surface area contributed by atoms with Crippen LogP contribution in [-0.2, 0) is 6.61 Å². The quantitative estimate of drug-likeness (QED) is 0.665. The molecule has 0 aliphatic carbocycles. The van der Waals surface area contributed by atoms with Crippen molar-refractivity contribution in [2.45, 2.75) is 20.5 Å². The zero-order valence-corrected chi connectivity index (χ0v) is 15.4. The highest BCUT2D eigenvalue weighted by Gasteiger charge is 2.13. The number of hydrogen-bond donors (Lipinski definition) is 1. The molecule has 0 unspecified atom stereocenters. The van der Waals surface area contributed by atoms with Crippen molar-refractivity contribution in [3.8, 4) is 5.75 Å². The van der Waals surface area contributed by atoms with Crippen molar-refractivity contribution in [2.75, 3.05) is 5.32 Å². The molecule has 1 amide bonds. The molecule has 1 N–H and O–H groups in total. The molecule has 0 aliphatic rings. The standard InChI is InChI=1S/C19H17ClN2O2S/c1-12-3-7-15(8-4-12)24-10-18-21-17(11-25-18)19(23)22-16-9-14(20)6-5-13(16)2/h3-9,11H,10H2,1-2H3,(H,22,23). The van der Waals surface area contributed by atoms with Gasteiger partial charge in [0.05, 0.1) is 0 Å². The van der Waals surface area contributed by atoms with E-state index in [2.05, 4.69) is 10.3 Å². The summed E-state index contributed by atoms with van der Waals surface area (Å²) < 4.78 is 5.69. The Kier molecular flexibility index (Phi) is 5.36. The minimum Gasteiger partial charge on any atom is -0.486 e. The van der Waals surface area contributed by atoms with Gasteiger partial charge in [0.1, 0.15) is 23.1 Å². The molecule has 1 aromatic heterocycles. The largest absolute Gasteiger partial charge is 0.486 e. The lowest BCUT2D eigenvalue weighted by molar-refractivity contribution is 0.102. The Morgan fingerprint density at radius 2 is 1.96 bits per heavy atom. The predicted octanol–water partition coefficient (Wildman–Crippen LogP) is 5.24. The second-order valence-corrected chi connectivity index (χ2v) is 7.02. The fourth-order valence-electron chi connectivity index (χ4n) is 2.18. The summed E-state index contributed by atoms with van der Waals surface area (Å²) in [7, 11) is 0. The van der Waals surface area contributed by atoms with E-state index < -0.39 is 0 Å². The smallest absolute Gasteiger partial charge is 0.275 e. The Morgan fingerprint density at radius 3 is 2.72 bits per heavy atom. The number of nitrogens with zero attached hydrogens (tertiary/aromatic N) is 1. The molecule has 3 rings (SSSR count). The zero-order chi connectivity index (χ0) is 17.8. The summed E-state index contributed by atoms with van der Waals surface area (Å²) in [4.78, 5) is 16.7. The number of halogens is 1. The highest BCUT2D eigenvalue weighted by atomic mass is 35.5. The average molecular weight is 373 g/mol. The predicted molar refractivity (Wildman–Crippen MR) is 102 cm³/mol. The van der Waals surface area contributed by atoms with Gasteiger partial charge in [-0.1, -0.05) is 35.4 Å². The molecule has 0 bridgehead atoms. The Labute approximate surface area is 155 Å². The number of anilines is 1. The molecule has 0 fully saturated rings. The molecule has 4 nitrogen and oxygen atoms in total. The van der Waals surface area contributed by atoms with Crippen LogP contribution in [0.15, 0.2) is 47.8 Å². The SMILES string of the molecule is Cc1ccc(OCc2nc(C(=O)Nc3cc(Cl)ccc3C)cs2)cc1. The van der Waals surface area contributed by atoms with Gasteiger partial charge in [-0.2, -0.15) is 0 Å². The van der Waals surface area contributed by atoms with Crippen LogP contribution in [0.2, 0.25) is 5.02 Å². The van der Waals surface area contributed by atoms with Crippen molar-refractivity contribution in [3.63, 3.8) is 0 Å². The van der Waals surface area contributed by atoms with Crippen LogP contribution in [0.5, 0.6) is 5.75 Å². The first kappa shape index (κ1) is 17.5. The molecule has 128 valence electrons. The first-order valence-corrected chi connectivity index (χ1v) is 8.98. The number of carbonyl (C=O) groups excluding carboxylic acids is 1. The summed E-state index contributed by atoms with van der Waals surface area (Å²) in [5, 5.41) is 5.89. The van der Waals surface area contributed by atoms with Crippen molar-refractivity contribution in [3.05, 3.63) is 74.7 Å². The Morgan fingerprint density at radius 1 is 1.20 bits per heavy atom. The van der Waals surface area contributed by atoms with Crippen LogP contribution in [0, 0.1) is 13.8 Å². The van der Waals surface area contributed by atoms with Crippen LogP contribution in [0.3, 0.4) is 0 Å².